The summed E-state index contributed by atoms with van der Waals surface area (Å²) < 4.78 is 5.31. The second kappa shape index (κ2) is 5.58. The van der Waals surface area contributed by atoms with Gasteiger partial charge in [-0.15, -0.1) is 6.42 Å². The minimum absolute atomic E-state index is 0.0805. The van der Waals surface area contributed by atoms with Gasteiger partial charge in [0.1, 0.15) is 10.0 Å². The van der Waals surface area contributed by atoms with Gasteiger partial charge in [-0.1, -0.05) is 63.9 Å². The van der Waals surface area contributed by atoms with Crippen molar-refractivity contribution in [3.63, 3.8) is 0 Å². The fourth-order valence-electron chi connectivity index (χ4n) is 0.899. The molecular formula is C10H5Cl5O. The number of ether oxygens (including phenoxy) is 1. The van der Waals surface area contributed by atoms with Gasteiger partial charge in [0.2, 0.25) is 0 Å². The highest BCUT2D eigenvalue weighted by molar-refractivity contribution is 6.55. The highest BCUT2D eigenvalue weighted by atomic mass is 35.5. The normalized spacial score (nSPS) is 12.1. The van der Waals surface area contributed by atoms with Crippen molar-refractivity contribution in [2.45, 2.75) is 13.0 Å². The SMILES string of the molecule is C#CC(C)Oc1c(Cl)c(Cl)c(Cl)c(Cl)c1Cl. The average Bonchev–Trinajstić information content (AvgIpc) is 2.29. The van der Waals surface area contributed by atoms with Gasteiger partial charge in [-0.05, 0) is 6.92 Å². The van der Waals surface area contributed by atoms with Gasteiger partial charge in [0.05, 0.1) is 15.1 Å². The first-order valence-electron chi connectivity index (χ1n) is 4.04. The first-order valence-corrected chi connectivity index (χ1v) is 5.93. The molecule has 1 atom stereocenters. The van der Waals surface area contributed by atoms with Crippen LogP contribution >= 0.6 is 58.0 Å². The maximum atomic E-state index is 5.92. The molecule has 0 radical (unpaired) electrons. The van der Waals surface area contributed by atoms with E-state index in [4.69, 9.17) is 69.2 Å². The molecule has 1 unspecified atom stereocenters. The fourth-order valence-corrected chi connectivity index (χ4v) is 2.11. The summed E-state index contributed by atoms with van der Waals surface area (Å²) in [5.74, 6) is 2.50. The van der Waals surface area contributed by atoms with Crippen LogP contribution < -0.4 is 4.74 Å². The van der Waals surface area contributed by atoms with Crippen molar-refractivity contribution in [1.82, 2.24) is 0 Å². The number of terminal acetylenes is 1. The monoisotopic (exact) mass is 316 g/mol. The van der Waals surface area contributed by atoms with Crippen molar-refractivity contribution >= 4 is 58.0 Å². The van der Waals surface area contributed by atoms with Crippen LogP contribution in [0, 0.1) is 12.3 Å². The molecule has 86 valence electrons. The van der Waals surface area contributed by atoms with Crippen molar-refractivity contribution in [3.8, 4) is 18.1 Å². The largest absolute Gasteiger partial charge is 0.475 e. The summed E-state index contributed by atoms with van der Waals surface area (Å²) in [5.41, 5.74) is 0. The molecule has 0 aliphatic carbocycles. The molecule has 16 heavy (non-hydrogen) atoms. The zero-order valence-corrected chi connectivity index (χ0v) is 11.7. The van der Waals surface area contributed by atoms with Crippen LogP contribution in [0.5, 0.6) is 5.75 Å². The third-order valence-electron chi connectivity index (χ3n) is 1.70. The van der Waals surface area contributed by atoms with E-state index >= 15 is 0 Å². The molecule has 0 saturated heterocycles. The van der Waals surface area contributed by atoms with Gasteiger partial charge in [0, 0.05) is 0 Å². The number of rotatable bonds is 2. The Hall–Kier alpha value is 0.0300. The van der Waals surface area contributed by atoms with Crippen LogP contribution in [0.25, 0.3) is 0 Å². The molecule has 0 amide bonds. The number of benzene rings is 1. The predicted octanol–water partition coefficient (Wildman–Crippen LogP) is 5.35. The van der Waals surface area contributed by atoms with E-state index in [-0.39, 0.29) is 30.9 Å². The Bertz CT molecular complexity index is 434. The van der Waals surface area contributed by atoms with Gasteiger partial charge in [0.25, 0.3) is 0 Å². The quantitative estimate of drug-likeness (QED) is 0.405. The van der Waals surface area contributed by atoms with Gasteiger partial charge >= 0.3 is 0 Å². The summed E-state index contributed by atoms with van der Waals surface area (Å²) in [5, 5.41) is 0.416. The van der Waals surface area contributed by atoms with Crippen molar-refractivity contribution in [3.05, 3.63) is 25.1 Å². The third kappa shape index (κ3) is 2.64. The van der Waals surface area contributed by atoms with Gasteiger partial charge in [-0.3, -0.25) is 0 Å². The smallest absolute Gasteiger partial charge is 0.161 e. The van der Waals surface area contributed by atoms with Crippen LogP contribution in [-0.4, -0.2) is 6.10 Å². The van der Waals surface area contributed by atoms with Gasteiger partial charge in [-0.25, -0.2) is 0 Å². The maximum Gasteiger partial charge on any atom is 0.161 e. The van der Waals surface area contributed by atoms with Crippen molar-refractivity contribution in [2.24, 2.45) is 0 Å². The first kappa shape index (κ1) is 14.1. The second-order valence-corrected chi connectivity index (χ2v) is 4.72. The van der Waals surface area contributed by atoms with Crippen LogP contribution in [0.15, 0.2) is 0 Å². The van der Waals surface area contributed by atoms with E-state index in [9.17, 15) is 0 Å². The van der Waals surface area contributed by atoms with Crippen molar-refractivity contribution in [1.29, 1.82) is 0 Å². The maximum absolute atomic E-state index is 5.92. The zero-order valence-electron chi connectivity index (χ0n) is 7.95. The van der Waals surface area contributed by atoms with Crippen LogP contribution in [0.1, 0.15) is 6.92 Å². The van der Waals surface area contributed by atoms with Crippen LogP contribution in [0.3, 0.4) is 0 Å². The van der Waals surface area contributed by atoms with Crippen LogP contribution in [0.2, 0.25) is 25.1 Å². The lowest BCUT2D eigenvalue weighted by Crippen LogP contribution is -2.09. The molecular weight excluding hydrogens is 313 g/mol. The number of hydrogen-bond donors (Lipinski definition) is 0. The molecule has 0 aliphatic heterocycles. The molecule has 1 aromatic rings. The Balaban J connectivity index is 3.35. The predicted molar refractivity (Wildman–Crippen MR) is 70.4 cm³/mol. The Labute approximate surface area is 119 Å². The summed E-state index contributed by atoms with van der Waals surface area (Å²) in [7, 11) is 0. The van der Waals surface area contributed by atoms with E-state index < -0.39 is 6.10 Å². The van der Waals surface area contributed by atoms with E-state index in [0.29, 0.717) is 0 Å². The molecule has 0 heterocycles. The Morgan fingerprint density at radius 3 is 1.69 bits per heavy atom. The molecule has 0 fully saturated rings. The molecule has 1 aromatic carbocycles. The van der Waals surface area contributed by atoms with Gasteiger partial charge < -0.3 is 4.74 Å². The molecule has 1 nitrogen and oxygen atoms in total. The highest BCUT2D eigenvalue weighted by Crippen LogP contribution is 2.48. The number of halogens is 5. The number of hydrogen-bond acceptors (Lipinski definition) is 1. The molecule has 0 spiro atoms. The van der Waals surface area contributed by atoms with E-state index in [1.165, 1.54) is 0 Å². The summed E-state index contributed by atoms with van der Waals surface area (Å²) in [4.78, 5) is 0. The van der Waals surface area contributed by atoms with Crippen molar-refractivity contribution in [2.75, 3.05) is 0 Å². The van der Waals surface area contributed by atoms with Crippen LogP contribution in [-0.2, 0) is 0 Å². The third-order valence-corrected chi connectivity index (χ3v) is 3.94. The Kier molecular flexibility index (Phi) is 4.91. The van der Waals surface area contributed by atoms with Gasteiger partial charge in [0.15, 0.2) is 11.9 Å². The molecule has 0 N–H and O–H groups in total. The van der Waals surface area contributed by atoms with E-state index in [2.05, 4.69) is 5.92 Å². The molecule has 0 bridgehead atoms. The topological polar surface area (TPSA) is 9.23 Å². The van der Waals surface area contributed by atoms with E-state index in [0.717, 1.165) is 0 Å². The minimum atomic E-state index is -0.511. The highest BCUT2D eigenvalue weighted by Gasteiger charge is 2.21. The summed E-state index contributed by atoms with van der Waals surface area (Å²) >= 11 is 29.3. The summed E-state index contributed by atoms with van der Waals surface area (Å²) in [6.07, 6.45) is 4.66. The second-order valence-electron chi connectivity index (χ2n) is 2.83. The summed E-state index contributed by atoms with van der Waals surface area (Å²) in [6.45, 7) is 1.66. The molecule has 0 aromatic heterocycles. The molecule has 6 heteroatoms. The fraction of sp³-hybridized carbons (Fsp3) is 0.200. The minimum Gasteiger partial charge on any atom is -0.475 e. The Morgan fingerprint density at radius 2 is 1.31 bits per heavy atom. The lowest BCUT2D eigenvalue weighted by molar-refractivity contribution is 0.279. The summed E-state index contributed by atoms with van der Waals surface area (Å²) in [6, 6.07) is 0. The Morgan fingerprint density at radius 1 is 0.938 bits per heavy atom. The standard InChI is InChI=1S/C10H5Cl5O/c1-3-4(2)16-10-8(14)6(12)5(11)7(13)9(10)15/h1,4H,2H3. The van der Waals surface area contributed by atoms with E-state index in [1.54, 1.807) is 6.92 Å². The van der Waals surface area contributed by atoms with E-state index in [1.807, 2.05) is 0 Å². The molecule has 0 aliphatic rings. The lowest BCUT2D eigenvalue weighted by Gasteiger charge is -2.15. The lowest BCUT2D eigenvalue weighted by atomic mass is 10.3. The first-order chi connectivity index (χ1) is 7.40. The zero-order chi connectivity index (χ0) is 12.5. The molecule has 0 saturated carbocycles. The molecule has 1 rings (SSSR count). The average molecular weight is 318 g/mol. The van der Waals surface area contributed by atoms with Crippen molar-refractivity contribution < 1.29 is 4.74 Å². The van der Waals surface area contributed by atoms with Gasteiger partial charge in [-0.2, -0.15) is 0 Å². The van der Waals surface area contributed by atoms with Crippen LogP contribution in [0.4, 0.5) is 0 Å².